The van der Waals surface area contributed by atoms with Crippen molar-refractivity contribution < 1.29 is 4.74 Å². The predicted octanol–water partition coefficient (Wildman–Crippen LogP) is 1.85. The van der Waals surface area contributed by atoms with E-state index in [1.165, 1.54) is 0 Å². The van der Waals surface area contributed by atoms with Gasteiger partial charge in [0.2, 0.25) is 5.95 Å². The van der Waals surface area contributed by atoms with E-state index in [1.54, 1.807) is 6.33 Å². The Bertz CT molecular complexity index is 873. The highest BCUT2D eigenvalue weighted by Crippen LogP contribution is 2.21. The first-order chi connectivity index (χ1) is 12.8. The van der Waals surface area contributed by atoms with Crippen LogP contribution in [-0.4, -0.2) is 63.8 Å². The van der Waals surface area contributed by atoms with Crippen molar-refractivity contribution in [2.24, 2.45) is 7.05 Å². The number of aromatic nitrogens is 4. The summed E-state index contributed by atoms with van der Waals surface area (Å²) in [5.74, 6) is 2.27. The van der Waals surface area contributed by atoms with E-state index < -0.39 is 0 Å². The Labute approximate surface area is 152 Å². The van der Waals surface area contributed by atoms with Gasteiger partial charge in [-0.1, -0.05) is 12.1 Å². The van der Waals surface area contributed by atoms with E-state index in [0.29, 0.717) is 5.82 Å². The molecular formula is C18H23N7O. The molecule has 4 rings (SSSR count). The molecule has 8 heteroatoms. The van der Waals surface area contributed by atoms with Gasteiger partial charge in [0.05, 0.1) is 24.2 Å². The molecule has 1 aromatic carbocycles. The smallest absolute Gasteiger partial charge is 0.209 e. The van der Waals surface area contributed by atoms with E-state index in [1.807, 2.05) is 41.9 Å². The average molecular weight is 353 g/mol. The molecule has 0 amide bonds. The lowest BCUT2D eigenvalue weighted by molar-refractivity contribution is 0.0398. The van der Waals surface area contributed by atoms with Crippen LogP contribution in [0.2, 0.25) is 0 Å². The third-order valence-electron chi connectivity index (χ3n) is 4.53. The van der Waals surface area contributed by atoms with Crippen molar-refractivity contribution >= 4 is 28.6 Å². The Morgan fingerprint density at radius 1 is 1.12 bits per heavy atom. The van der Waals surface area contributed by atoms with Crippen LogP contribution in [0.4, 0.5) is 17.6 Å². The van der Waals surface area contributed by atoms with E-state index in [-0.39, 0.29) is 0 Å². The van der Waals surface area contributed by atoms with E-state index in [9.17, 15) is 0 Å². The molecule has 0 bridgehead atoms. The topological polar surface area (TPSA) is 80.1 Å². The lowest BCUT2D eigenvalue weighted by Crippen LogP contribution is -2.39. The zero-order valence-electron chi connectivity index (χ0n) is 14.9. The van der Waals surface area contributed by atoms with Crippen molar-refractivity contribution in [2.45, 2.75) is 0 Å². The number of hydrogen-bond donors (Lipinski definition) is 2. The molecule has 2 N–H and O–H groups in total. The maximum atomic E-state index is 5.37. The third kappa shape index (κ3) is 3.76. The van der Waals surface area contributed by atoms with Gasteiger partial charge in [-0.2, -0.15) is 0 Å². The largest absolute Gasteiger partial charge is 0.379 e. The molecule has 0 saturated carbocycles. The molecule has 1 aliphatic heterocycles. The first kappa shape index (κ1) is 16.7. The monoisotopic (exact) mass is 353 g/mol. The van der Waals surface area contributed by atoms with Gasteiger partial charge < -0.3 is 19.9 Å². The SMILES string of the molecule is Cn1c(Nc2cc(NCCN3CCOCC3)ncn2)nc2ccccc21. The fraction of sp³-hybridized carbons (Fsp3) is 0.389. The fourth-order valence-electron chi connectivity index (χ4n) is 3.06. The van der Waals surface area contributed by atoms with Crippen LogP contribution in [-0.2, 0) is 11.8 Å². The van der Waals surface area contributed by atoms with Crippen LogP contribution in [0.15, 0.2) is 36.7 Å². The minimum Gasteiger partial charge on any atom is -0.379 e. The standard InChI is InChI=1S/C18H23N7O/c1-24-15-5-3-2-4-14(15)22-18(24)23-17-12-16(20-13-21-17)19-6-7-25-8-10-26-11-9-25/h2-5,12-13H,6-11H2,1H3,(H2,19,20,21,22,23). The van der Waals surface area contributed by atoms with E-state index >= 15 is 0 Å². The number of nitrogens with one attached hydrogen (secondary N) is 2. The number of morpholine rings is 1. The zero-order chi connectivity index (χ0) is 17.8. The molecule has 8 nitrogen and oxygen atoms in total. The molecule has 1 aliphatic rings. The number of hydrogen-bond acceptors (Lipinski definition) is 7. The van der Waals surface area contributed by atoms with Gasteiger partial charge in [-0.25, -0.2) is 15.0 Å². The van der Waals surface area contributed by atoms with Crippen LogP contribution in [0.3, 0.4) is 0 Å². The van der Waals surface area contributed by atoms with Crippen molar-refractivity contribution in [2.75, 3.05) is 50.0 Å². The molecule has 1 fully saturated rings. The molecule has 0 radical (unpaired) electrons. The van der Waals surface area contributed by atoms with Crippen LogP contribution in [0.5, 0.6) is 0 Å². The van der Waals surface area contributed by atoms with Crippen molar-refractivity contribution in [1.82, 2.24) is 24.4 Å². The maximum Gasteiger partial charge on any atom is 0.209 e. The average Bonchev–Trinajstić information content (AvgIpc) is 2.99. The summed E-state index contributed by atoms with van der Waals surface area (Å²) in [4.78, 5) is 15.6. The lowest BCUT2D eigenvalue weighted by Gasteiger charge is -2.26. The second-order valence-corrected chi connectivity index (χ2v) is 6.28. The highest BCUT2D eigenvalue weighted by atomic mass is 16.5. The Kier molecular flexibility index (Phi) is 4.94. The Balaban J connectivity index is 1.39. The number of imidazole rings is 1. The van der Waals surface area contributed by atoms with Crippen LogP contribution < -0.4 is 10.6 Å². The first-order valence-corrected chi connectivity index (χ1v) is 8.84. The van der Waals surface area contributed by atoms with E-state index in [0.717, 1.165) is 62.2 Å². The van der Waals surface area contributed by atoms with E-state index in [4.69, 9.17) is 4.74 Å². The lowest BCUT2D eigenvalue weighted by atomic mass is 10.3. The van der Waals surface area contributed by atoms with Crippen molar-refractivity contribution in [3.05, 3.63) is 36.7 Å². The number of benzene rings is 1. The zero-order valence-corrected chi connectivity index (χ0v) is 14.9. The minimum absolute atomic E-state index is 0.715. The van der Waals surface area contributed by atoms with Gasteiger partial charge >= 0.3 is 0 Å². The normalized spacial score (nSPS) is 15.3. The molecule has 3 heterocycles. The van der Waals surface area contributed by atoms with Gasteiger partial charge in [0, 0.05) is 39.3 Å². The number of ether oxygens (including phenoxy) is 1. The summed E-state index contributed by atoms with van der Waals surface area (Å²) in [7, 11) is 1.99. The summed E-state index contributed by atoms with van der Waals surface area (Å²) in [6.45, 7) is 5.43. The fourth-order valence-corrected chi connectivity index (χ4v) is 3.06. The van der Waals surface area contributed by atoms with Gasteiger partial charge in [0.25, 0.3) is 0 Å². The molecule has 2 aromatic heterocycles. The second-order valence-electron chi connectivity index (χ2n) is 6.28. The molecule has 26 heavy (non-hydrogen) atoms. The summed E-state index contributed by atoms with van der Waals surface area (Å²) in [5.41, 5.74) is 2.03. The van der Waals surface area contributed by atoms with Gasteiger partial charge in [-0.15, -0.1) is 0 Å². The molecule has 1 saturated heterocycles. The van der Waals surface area contributed by atoms with Gasteiger partial charge in [-0.3, -0.25) is 4.90 Å². The summed E-state index contributed by atoms with van der Waals surface area (Å²) in [6.07, 6.45) is 1.56. The van der Waals surface area contributed by atoms with Gasteiger partial charge in [0.1, 0.15) is 18.0 Å². The quantitative estimate of drug-likeness (QED) is 0.700. The van der Waals surface area contributed by atoms with Crippen molar-refractivity contribution in [1.29, 1.82) is 0 Å². The van der Waals surface area contributed by atoms with Gasteiger partial charge in [-0.05, 0) is 12.1 Å². The van der Waals surface area contributed by atoms with Crippen molar-refractivity contribution in [3.8, 4) is 0 Å². The van der Waals surface area contributed by atoms with Crippen LogP contribution in [0, 0.1) is 0 Å². The number of aryl methyl sites for hydroxylation is 1. The molecular weight excluding hydrogens is 330 g/mol. The van der Waals surface area contributed by atoms with Crippen LogP contribution in [0.25, 0.3) is 11.0 Å². The molecule has 0 atom stereocenters. The number of anilines is 3. The Morgan fingerprint density at radius 2 is 1.92 bits per heavy atom. The molecule has 136 valence electrons. The number of rotatable bonds is 6. The summed E-state index contributed by atoms with van der Waals surface area (Å²) in [6, 6.07) is 9.94. The summed E-state index contributed by atoms with van der Waals surface area (Å²) < 4.78 is 7.39. The molecule has 0 aliphatic carbocycles. The predicted molar refractivity (Wildman–Crippen MR) is 102 cm³/mol. The van der Waals surface area contributed by atoms with Crippen LogP contribution in [0.1, 0.15) is 0 Å². The number of para-hydroxylation sites is 2. The molecule has 0 spiro atoms. The third-order valence-corrected chi connectivity index (χ3v) is 4.53. The summed E-state index contributed by atoms with van der Waals surface area (Å²) in [5, 5.41) is 6.63. The first-order valence-electron chi connectivity index (χ1n) is 8.84. The van der Waals surface area contributed by atoms with E-state index in [2.05, 4.69) is 30.5 Å². The highest BCUT2D eigenvalue weighted by molar-refractivity contribution is 5.79. The summed E-state index contributed by atoms with van der Waals surface area (Å²) >= 11 is 0. The van der Waals surface area contributed by atoms with Crippen molar-refractivity contribution in [3.63, 3.8) is 0 Å². The Hall–Kier alpha value is -2.71. The maximum absolute atomic E-state index is 5.37. The second kappa shape index (κ2) is 7.67. The Morgan fingerprint density at radius 3 is 2.77 bits per heavy atom. The van der Waals surface area contributed by atoms with Crippen LogP contribution >= 0.6 is 0 Å². The highest BCUT2D eigenvalue weighted by Gasteiger charge is 2.10. The minimum atomic E-state index is 0.715. The van der Waals surface area contributed by atoms with Gasteiger partial charge in [0.15, 0.2) is 0 Å². The molecule has 0 unspecified atom stereocenters. The number of fused-ring (bicyclic) bond motifs is 1. The molecule has 3 aromatic rings. The number of nitrogens with zero attached hydrogens (tertiary/aromatic N) is 5.